The van der Waals surface area contributed by atoms with Gasteiger partial charge in [0.15, 0.2) is 0 Å². The second kappa shape index (κ2) is 5.46. The van der Waals surface area contributed by atoms with E-state index >= 15 is 0 Å². The molecular weight excluding hydrogens is 216 g/mol. The first-order valence-electron chi connectivity index (χ1n) is 5.61. The number of hydrogen-bond acceptors (Lipinski definition) is 2. The quantitative estimate of drug-likeness (QED) is 0.722. The lowest BCUT2D eigenvalue weighted by Gasteiger charge is -2.26. The van der Waals surface area contributed by atoms with Crippen molar-refractivity contribution in [2.45, 2.75) is 6.04 Å². The van der Waals surface area contributed by atoms with E-state index in [4.69, 9.17) is 11.3 Å². The molecule has 1 aromatic carbocycles. The van der Waals surface area contributed by atoms with Crippen molar-refractivity contribution in [3.63, 3.8) is 0 Å². The Hall–Kier alpha value is -1.86. The molecule has 1 fully saturated rings. The molecule has 1 aliphatic heterocycles. The highest BCUT2D eigenvalue weighted by atomic mass is 16.5. The summed E-state index contributed by atoms with van der Waals surface area (Å²) in [4.78, 5) is 17.3. The summed E-state index contributed by atoms with van der Waals surface area (Å²) in [5, 5.41) is 0. The molecule has 88 valence electrons. The third-order valence-electron chi connectivity index (χ3n) is 2.80. The third kappa shape index (κ3) is 2.63. The van der Waals surface area contributed by atoms with E-state index < -0.39 is 6.04 Å². The van der Waals surface area contributed by atoms with Gasteiger partial charge in [0.2, 0.25) is 0 Å². The van der Waals surface area contributed by atoms with Crippen molar-refractivity contribution in [3.8, 4) is 0 Å². The fourth-order valence-corrected chi connectivity index (χ4v) is 1.86. The van der Waals surface area contributed by atoms with Gasteiger partial charge in [0, 0.05) is 18.7 Å². The maximum atomic E-state index is 12.2. The summed E-state index contributed by atoms with van der Waals surface area (Å²) < 4.78 is 5.20. The minimum Gasteiger partial charge on any atom is -0.378 e. The van der Waals surface area contributed by atoms with Crippen LogP contribution in [0.15, 0.2) is 30.3 Å². The zero-order valence-corrected chi connectivity index (χ0v) is 9.50. The summed E-state index contributed by atoms with van der Waals surface area (Å²) in [5.41, 5.74) is 0.763. The Labute approximate surface area is 101 Å². The van der Waals surface area contributed by atoms with Crippen LogP contribution in [-0.4, -0.2) is 37.1 Å². The van der Waals surface area contributed by atoms with E-state index in [0.29, 0.717) is 26.3 Å². The molecular formula is C13H14N2O2. The molecule has 1 aliphatic rings. The van der Waals surface area contributed by atoms with E-state index in [1.54, 1.807) is 4.90 Å². The standard InChI is InChI=1S/C13H14N2O2/c1-14-12(11-5-3-2-4-6-11)13(16)15-7-9-17-10-8-15/h2-6,12H,7-10H2. The number of carbonyl (C=O) groups excluding carboxylic acids is 1. The molecule has 1 amide bonds. The van der Waals surface area contributed by atoms with Crippen LogP contribution in [0, 0.1) is 6.57 Å². The fraction of sp³-hybridized carbons (Fsp3) is 0.385. The first-order chi connectivity index (χ1) is 8.33. The monoisotopic (exact) mass is 230 g/mol. The first-order valence-corrected chi connectivity index (χ1v) is 5.61. The lowest BCUT2D eigenvalue weighted by molar-refractivity contribution is -0.135. The van der Waals surface area contributed by atoms with E-state index in [-0.39, 0.29) is 5.91 Å². The number of benzene rings is 1. The summed E-state index contributed by atoms with van der Waals surface area (Å²) in [6, 6.07) is 8.50. The molecule has 0 aliphatic carbocycles. The average Bonchev–Trinajstić information content (AvgIpc) is 2.42. The summed E-state index contributed by atoms with van der Waals surface area (Å²) in [7, 11) is 0. The molecule has 1 unspecified atom stereocenters. The van der Waals surface area contributed by atoms with Crippen molar-refractivity contribution in [2.75, 3.05) is 26.3 Å². The summed E-state index contributed by atoms with van der Waals surface area (Å²) in [6.07, 6.45) is 0. The van der Waals surface area contributed by atoms with Crippen molar-refractivity contribution in [1.82, 2.24) is 4.90 Å². The zero-order valence-electron chi connectivity index (χ0n) is 9.50. The number of amides is 1. The van der Waals surface area contributed by atoms with Crippen LogP contribution in [0.1, 0.15) is 11.6 Å². The highest BCUT2D eigenvalue weighted by Crippen LogP contribution is 2.20. The summed E-state index contributed by atoms with van der Waals surface area (Å²) in [5.74, 6) is -0.116. The van der Waals surface area contributed by atoms with Gasteiger partial charge in [-0.15, -0.1) is 0 Å². The smallest absolute Gasteiger partial charge is 0.325 e. The topological polar surface area (TPSA) is 33.9 Å². The van der Waals surface area contributed by atoms with Gasteiger partial charge in [-0.1, -0.05) is 30.3 Å². The van der Waals surface area contributed by atoms with Crippen LogP contribution in [0.4, 0.5) is 0 Å². The lowest BCUT2D eigenvalue weighted by atomic mass is 10.1. The van der Waals surface area contributed by atoms with Crippen LogP contribution in [0.3, 0.4) is 0 Å². The average molecular weight is 230 g/mol. The molecule has 0 spiro atoms. The van der Waals surface area contributed by atoms with Gasteiger partial charge < -0.3 is 9.64 Å². The zero-order chi connectivity index (χ0) is 12.1. The predicted molar refractivity (Wildman–Crippen MR) is 63.2 cm³/mol. The molecule has 4 heteroatoms. The van der Waals surface area contributed by atoms with Crippen molar-refractivity contribution >= 4 is 5.91 Å². The molecule has 0 bridgehead atoms. The van der Waals surface area contributed by atoms with Gasteiger partial charge in [-0.3, -0.25) is 9.64 Å². The van der Waals surface area contributed by atoms with Crippen LogP contribution < -0.4 is 0 Å². The lowest BCUT2D eigenvalue weighted by Crippen LogP contribution is -2.42. The predicted octanol–water partition coefficient (Wildman–Crippen LogP) is 1.51. The van der Waals surface area contributed by atoms with Gasteiger partial charge in [0.05, 0.1) is 13.2 Å². The van der Waals surface area contributed by atoms with Gasteiger partial charge >= 0.3 is 11.9 Å². The van der Waals surface area contributed by atoms with E-state index in [9.17, 15) is 4.79 Å². The minimum absolute atomic E-state index is 0.116. The Kier molecular flexibility index (Phi) is 3.73. The van der Waals surface area contributed by atoms with Crippen LogP contribution in [0.2, 0.25) is 0 Å². The largest absolute Gasteiger partial charge is 0.378 e. The SMILES string of the molecule is [C-]#[N+]C(C(=O)N1CCOCC1)c1ccccc1. The highest BCUT2D eigenvalue weighted by molar-refractivity contribution is 5.85. The van der Waals surface area contributed by atoms with Crippen LogP contribution in [0.25, 0.3) is 4.85 Å². The Morgan fingerprint density at radius 1 is 1.29 bits per heavy atom. The van der Waals surface area contributed by atoms with Crippen LogP contribution in [0.5, 0.6) is 0 Å². The van der Waals surface area contributed by atoms with Crippen molar-refractivity contribution in [3.05, 3.63) is 47.3 Å². The Balaban J connectivity index is 2.13. The van der Waals surface area contributed by atoms with Crippen LogP contribution in [-0.2, 0) is 9.53 Å². The molecule has 0 N–H and O–H groups in total. The van der Waals surface area contributed by atoms with Gasteiger partial charge in [-0.25, -0.2) is 6.57 Å². The fourth-order valence-electron chi connectivity index (χ4n) is 1.86. The molecule has 1 heterocycles. The minimum atomic E-state index is -0.714. The number of nitrogens with zero attached hydrogens (tertiary/aromatic N) is 2. The molecule has 17 heavy (non-hydrogen) atoms. The van der Waals surface area contributed by atoms with E-state index in [1.165, 1.54) is 0 Å². The van der Waals surface area contributed by atoms with Crippen molar-refractivity contribution in [1.29, 1.82) is 0 Å². The maximum Gasteiger partial charge on any atom is 0.325 e. The van der Waals surface area contributed by atoms with Gasteiger partial charge in [-0.2, -0.15) is 0 Å². The number of rotatable bonds is 2. The maximum absolute atomic E-state index is 12.2. The second-order valence-electron chi connectivity index (χ2n) is 3.88. The molecule has 0 radical (unpaired) electrons. The van der Waals surface area contributed by atoms with Crippen molar-refractivity contribution in [2.24, 2.45) is 0 Å². The highest BCUT2D eigenvalue weighted by Gasteiger charge is 2.31. The van der Waals surface area contributed by atoms with Crippen molar-refractivity contribution < 1.29 is 9.53 Å². The Bertz CT molecular complexity index is 419. The summed E-state index contributed by atoms with van der Waals surface area (Å²) in [6.45, 7) is 9.48. The third-order valence-corrected chi connectivity index (χ3v) is 2.80. The van der Waals surface area contributed by atoms with E-state index in [2.05, 4.69) is 4.85 Å². The molecule has 2 rings (SSSR count). The molecule has 0 saturated carbocycles. The van der Waals surface area contributed by atoms with E-state index in [1.807, 2.05) is 30.3 Å². The number of carbonyl (C=O) groups is 1. The molecule has 0 aromatic heterocycles. The molecule has 4 nitrogen and oxygen atoms in total. The normalized spacial score (nSPS) is 17.2. The second-order valence-corrected chi connectivity index (χ2v) is 3.88. The van der Waals surface area contributed by atoms with Crippen LogP contribution >= 0.6 is 0 Å². The molecule has 1 atom stereocenters. The Morgan fingerprint density at radius 3 is 2.53 bits per heavy atom. The number of ether oxygens (including phenoxy) is 1. The van der Waals surface area contributed by atoms with E-state index in [0.717, 1.165) is 5.56 Å². The molecule has 1 saturated heterocycles. The number of hydrogen-bond donors (Lipinski definition) is 0. The summed E-state index contributed by atoms with van der Waals surface area (Å²) >= 11 is 0. The van der Waals surface area contributed by atoms with Gasteiger partial charge in [-0.05, 0) is 0 Å². The van der Waals surface area contributed by atoms with Gasteiger partial charge in [0.25, 0.3) is 0 Å². The first kappa shape index (κ1) is 11.6. The Morgan fingerprint density at radius 2 is 1.94 bits per heavy atom. The van der Waals surface area contributed by atoms with Gasteiger partial charge in [0.1, 0.15) is 0 Å². The number of morpholine rings is 1. The molecule has 1 aromatic rings.